The summed E-state index contributed by atoms with van der Waals surface area (Å²) in [5.41, 5.74) is -1.76. The summed E-state index contributed by atoms with van der Waals surface area (Å²) < 4.78 is 23.5. The number of halogens is 1. The Morgan fingerprint density at radius 1 is 1.00 bits per heavy atom. The van der Waals surface area contributed by atoms with Crippen LogP contribution in [0.5, 0.6) is 0 Å². The van der Waals surface area contributed by atoms with Crippen LogP contribution >= 0.6 is 0 Å². The normalized spacial score (nSPS) is 16.6. The number of ether oxygens (including phenoxy) is 2. The van der Waals surface area contributed by atoms with Crippen molar-refractivity contribution in [2.75, 3.05) is 13.2 Å². The molecule has 0 spiro atoms. The third kappa shape index (κ3) is 4.65. The van der Waals surface area contributed by atoms with E-state index in [2.05, 4.69) is 5.32 Å². The lowest BCUT2D eigenvalue weighted by molar-refractivity contribution is -0.384. The highest BCUT2D eigenvalue weighted by molar-refractivity contribution is 6.15. The first kappa shape index (κ1) is 23.7. The fraction of sp³-hybridized carbons (Fsp3) is 0.261. The second kappa shape index (κ2) is 9.70. The number of non-ortho nitro benzene ring substituents is 1. The van der Waals surface area contributed by atoms with Gasteiger partial charge >= 0.3 is 11.9 Å². The SMILES string of the molecule is CCOC(=O)C1(C(=O)OCC)C=C(C(=O)c2ccc(F)cc2)[C@H](c2ccc([N+](=O)[O-])cc2)N1. The van der Waals surface area contributed by atoms with Crippen LogP contribution in [0.4, 0.5) is 10.1 Å². The Bertz CT molecular complexity index is 1090. The van der Waals surface area contributed by atoms with Crippen molar-refractivity contribution >= 4 is 23.4 Å². The van der Waals surface area contributed by atoms with Gasteiger partial charge in [0.25, 0.3) is 5.69 Å². The number of Topliss-reactive ketones (excluding diaryl/α,β-unsaturated/α-hetero) is 1. The molecular formula is C23H21FN2O7. The lowest BCUT2D eigenvalue weighted by atomic mass is 9.93. The predicted octanol–water partition coefficient (Wildman–Crippen LogP) is 3.05. The van der Waals surface area contributed by atoms with Crippen LogP contribution in [0, 0.1) is 15.9 Å². The molecule has 1 N–H and O–H groups in total. The second-order valence-electron chi connectivity index (χ2n) is 7.11. The van der Waals surface area contributed by atoms with Crippen molar-refractivity contribution in [3.63, 3.8) is 0 Å². The van der Waals surface area contributed by atoms with E-state index in [4.69, 9.17) is 9.47 Å². The van der Waals surface area contributed by atoms with E-state index >= 15 is 0 Å². The van der Waals surface area contributed by atoms with Crippen LogP contribution in [0.25, 0.3) is 0 Å². The van der Waals surface area contributed by atoms with Crippen molar-refractivity contribution in [2.45, 2.75) is 25.4 Å². The maximum absolute atomic E-state index is 13.4. The molecular weight excluding hydrogens is 435 g/mol. The average molecular weight is 456 g/mol. The van der Waals surface area contributed by atoms with E-state index in [1.165, 1.54) is 36.4 Å². The molecule has 0 bridgehead atoms. The van der Waals surface area contributed by atoms with E-state index in [9.17, 15) is 28.9 Å². The Balaban J connectivity index is 2.14. The number of carbonyl (C=O) groups is 3. The summed E-state index contributed by atoms with van der Waals surface area (Å²) in [5, 5.41) is 13.9. The van der Waals surface area contributed by atoms with Crippen molar-refractivity contribution in [3.05, 3.63) is 87.2 Å². The van der Waals surface area contributed by atoms with Crippen molar-refractivity contribution < 1.29 is 33.2 Å². The molecule has 0 aromatic heterocycles. The number of nitro benzene ring substituents is 1. The highest BCUT2D eigenvalue weighted by atomic mass is 19.1. The maximum Gasteiger partial charge on any atom is 0.342 e. The van der Waals surface area contributed by atoms with Gasteiger partial charge in [-0.25, -0.2) is 14.0 Å². The Kier molecular flexibility index (Phi) is 6.98. The van der Waals surface area contributed by atoms with Gasteiger partial charge in [0.05, 0.1) is 24.2 Å². The van der Waals surface area contributed by atoms with Crippen molar-refractivity contribution in [2.24, 2.45) is 0 Å². The minimum absolute atomic E-state index is 0.0107. The molecule has 0 saturated heterocycles. The van der Waals surface area contributed by atoms with E-state index in [1.807, 2.05) is 0 Å². The van der Waals surface area contributed by atoms with Gasteiger partial charge in [-0.1, -0.05) is 12.1 Å². The Labute approximate surface area is 188 Å². The molecule has 2 aromatic rings. The average Bonchev–Trinajstić information content (AvgIpc) is 3.22. The van der Waals surface area contributed by atoms with Crippen molar-refractivity contribution in [1.82, 2.24) is 5.32 Å². The van der Waals surface area contributed by atoms with Crippen LogP contribution in [0.15, 0.2) is 60.2 Å². The molecule has 33 heavy (non-hydrogen) atoms. The van der Waals surface area contributed by atoms with Gasteiger partial charge in [0, 0.05) is 23.3 Å². The summed E-state index contributed by atoms with van der Waals surface area (Å²) >= 11 is 0. The number of hydrogen-bond donors (Lipinski definition) is 1. The minimum Gasteiger partial charge on any atom is -0.464 e. The zero-order valence-electron chi connectivity index (χ0n) is 17.9. The van der Waals surface area contributed by atoms with Crippen molar-refractivity contribution in [1.29, 1.82) is 0 Å². The number of esters is 2. The molecule has 172 valence electrons. The molecule has 0 fully saturated rings. The number of ketones is 1. The van der Waals surface area contributed by atoms with E-state index in [0.29, 0.717) is 5.56 Å². The third-order valence-electron chi connectivity index (χ3n) is 5.06. The first-order valence-electron chi connectivity index (χ1n) is 10.1. The van der Waals surface area contributed by atoms with E-state index < -0.39 is 40.0 Å². The number of hydrogen-bond acceptors (Lipinski definition) is 8. The van der Waals surface area contributed by atoms with Gasteiger partial charge in [-0.05, 0) is 49.8 Å². The van der Waals surface area contributed by atoms with Gasteiger partial charge in [-0.3, -0.25) is 20.2 Å². The topological polar surface area (TPSA) is 125 Å². The second-order valence-corrected chi connectivity index (χ2v) is 7.11. The fourth-order valence-electron chi connectivity index (χ4n) is 3.49. The number of carbonyl (C=O) groups excluding carboxylic acids is 3. The van der Waals surface area contributed by atoms with Gasteiger partial charge in [-0.15, -0.1) is 0 Å². The lowest BCUT2D eigenvalue weighted by Gasteiger charge is -2.26. The standard InChI is InChI=1S/C23H21FN2O7/c1-3-32-21(28)23(22(29)33-4-2)13-18(20(27)15-5-9-16(24)10-6-15)19(25-23)14-7-11-17(12-8-14)26(30)31/h5-13,19,25H,3-4H2,1-2H3/t19-/m0/s1. The molecule has 0 saturated carbocycles. The maximum atomic E-state index is 13.4. The molecule has 0 amide bonds. The van der Waals surface area contributed by atoms with Crippen LogP contribution in [0.3, 0.4) is 0 Å². The number of benzene rings is 2. The quantitative estimate of drug-likeness (QED) is 0.211. The summed E-state index contributed by atoms with van der Waals surface area (Å²) in [4.78, 5) is 49.5. The number of nitrogens with one attached hydrogen (secondary N) is 1. The lowest BCUT2D eigenvalue weighted by Crippen LogP contribution is -2.56. The Hall–Kier alpha value is -3.92. The smallest absolute Gasteiger partial charge is 0.342 e. The largest absolute Gasteiger partial charge is 0.464 e. The molecule has 10 heteroatoms. The molecule has 2 aromatic carbocycles. The van der Waals surface area contributed by atoms with Gasteiger partial charge in [0.15, 0.2) is 5.78 Å². The molecule has 0 aliphatic carbocycles. The zero-order valence-corrected chi connectivity index (χ0v) is 17.9. The molecule has 1 aliphatic rings. The first-order valence-corrected chi connectivity index (χ1v) is 10.1. The van der Waals surface area contributed by atoms with Crippen LogP contribution < -0.4 is 5.32 Å². The summed E-state index contributed by atoms with van der Waals surface area (Å²) in [6.45, 7) is 3.07. The van der Waals surface area contributed by atoms with Gasteiger partial charge in [0.2, 0.25) is 5.54 Å². The molecule has 0 radical (unpaired) electrons. The Morgan fingerprint density at radius 2 is 1.55 bits per heavy atom. The van der Waals surface area contributed by atoms with Gasteiger partial charge in [-0.2, -0.15) is 0 Å². The summed E-state index contributed by atoms with van der Waals surface area (Å²) in [6, 6.07) is 9.08. The van der Waals surface area contributed by atoms with Crippen LogP contribution in [-0.2, 0) is 19.1 Å². The van der Waals surface area contributed by atoms with E-state index in [-0.39, 0.29) is 30.0 Å². The van der Waals surface area contributed by atoms with Crippen LogP contribution in [-0.4, -0.2) is 41.4 Å². The minimum atomic E-state index is -2.11. The summed E-state index contributed by atoms with van der Waals surface area (Å²) in [7, 11) is 0. The summed E-state index contributed by atoms with van der Waals surface area (Å²) in [6.07, 6.45) is 1.15. The summed E-state index contributed by atoms with van der Waals surface area (Å²) in [5.74, 6) is -3.03. The predicted molar refractivity (Wildman–Crippen MR) is 114 cm³/mol. The number of nitro groups is 1. The van der Waals surface area contributed by atoms with Crippen LogP contribution in [0.2, 0.25) is 0 Å². The molecule has 3 rings (SSSR count). The molecule has 1 aliphatic heterocycles. The van der Waals surface area contributed by atoms with E-state index in [1.54, 1.807) is 13.8 Å². The first-order chi connectivity index (χ1) is 15.7. The van der Waals surface area contributed by atoms with Gasteiger partial charge < -0.3 is 9.47 Å². The van der Waals surface area contributed by atoms with Crippen LogP contribution in [0.1, 0.15) is 35.8 Å². The third-order valence-corrected chi connectivity index (χ3v) is 5.06. The Morgan fingerprint density at radius 3 is 2.03 bits per heavy atom. The van der Waals surface area contributed by atoms with E-state index in [0.717, 1.165) is 18.2 Å². The highest BCUT2D eigenvalue weighted by Crippen LogP contribution is 2.37. The fourth-order valence-corrected chi connectivity index (χ4v) is 3.49. The number of nitrogens with zero attached hydrogens (tertiary/aromatic N) is 1. The highest BCUT2D eigenvalue weighted by Gasteiger charge is 2.54. The van der Waals surface area contributed by atoms with Gasteiger partial charge in [0.1, 0.15) is 5.82 Å². The molecule has 1 heterocycles. The molecule has 1 atom stereocenters. The number of rotatable bonds is 8. The van der Waals surface area contributed by atoms with Crippen molar-refractivity contribution in [3.8, 4) is 0 Å². The molecule has 9 nitrogen and oxygen atoms in total. The molecule has 0 unspecified atom stereocenters. The zero-order chi connectivity index (χ0) is 24.2. The monoisotopic (exact) mass is 456 g/mol.